The minimum atomic E-state index is 0.182. The number of nitrogens with zero attached hydrogens (tertiary/aromatic N) is 1. The summed E-state index contributed by atoms with van der Waals surface area (Å²) in [5.41, 5.74) is 9.83. The summed E-state index contributed by atoms with van der Waals surface area (Å²) in [6, 6.07) is 4.13. The van der Waals surface area contributed by atoms with Crippen molar-refractivity contribution in [2.24, 2.45) is 0 Å². The molecule has 1 aliphatic heterocycles. The van der Waals surface area contributed by atoms with Crippen LogP contribution in [0.4, 0.5) is 0 Å². The molecule has 0 saturated carbocycles. The van der Waals surface area contributed by atoms with Crippen molar-refractivity contribution in [3.8, 4) is 0 Å². The maximum Gasteiger partial charge on any atom is 0.192 e. The molecule has 1 aromatic heterocycles. The lowest BCUT2D eigenvalue weighted by Crippen LogP contribution is -2.19. The predicted octanol–water partition coefficient (Wildman–Crippen LogP) is 3.34. The van der Waals surface area contributed by atoms with Crippen LogP contribution in [0.1, 0.15) is 31.0 Å². The maximum atomic E-state index is 12.8. The Balaban J connectivity index is 1.77. The summed E-state index contributed by atoms with van der Waals surface area (Å²) in [5.74, 6) is 0.182. The van der Waals surface area contributed by atoms with Crippen LogP contribution in [-0.4, -0.2) is 17.3 Å². The molecule has 3 heteroatoms. The number of nitrogens with one attached hydrogen (secondary N) is 1. The van der Waals surface area contributed by atoms with E-state index in [4.69, 9.17) is 0 Å². The molecule has 5 rings (SSSR count). The number of rotatable bonds is 1. The molecule has 0 amide bonds. The van der Waals surface area contributed by atoms with Crippen molar-refractivity contribution in [3.05, 3.63) is 75.8 Å². The van der Waals surface area contributed by atoms with Gasteiger partial charge in [-0.1, -0.05) is 31.2 Å². The van der Waals surface area contributed by atoms with Crippen molar-refractivity contribution >= 4 is 16.9 Å². The number of carbonyl (C=O) groups excluding carboxylic acids is 1. The van der Waals surface area contributed by atoms with Crippen molar-refractivity contribution in [1.82, 2.24) is 10.3 Å². The summed E-state index contributed by atoms with van der Waals surface area (Å²) >= 11 is 0. The van der Waals surface area contributed by atoms with Gasteiger partial charge in [0.25, 0.3) is 0 Å². The zero-order valence-electron chi connectivity index (χ0n) is 12.9. The van der Waals surface area contributed by atoms with Crippen LogP contribution in [0.3, 0.4) is 0 Å². The molecule has 0 saturated heterocycles. The molecule has 112 valence electrons. The van der Waals surface area contributed by atoms with Crippen molar-refractivity contribution in [2.45, 2.75) is 19.8 Å². The van der Waals surface area contributed by atoms with Crippen LogP contribution in [0.15, 0.2) is 64.5 Å². The van der Waals surface area contributed by atoms with Gasteiger partial charge in [-0.2, -0.15) is 0 Å². The summed E-state index contributed by atoms with van der Waals surface area (Å²) in [6.45, 7) is 2.93. The van der Waals surface area contributed by atoms with Crippen LogP contribution in [0.2, 0.25) is 0 Å². The first-order valence-electron chi connectivity index (χ1n) is 8.14. The smallest absolute Gasteiger partial charge is 0.192 e. The van der Waals surface area contributed by atoms with E-state index in [1.807, 2.05) is 24.4 Å². The molecule has 0 spiro atoms. The highest BCUT2D eigenvalue weighted by Gasteiger charge is 2.43. The van der Waals surface area contributed by atoms with Gasteiger partial charge < -0.3 is 5.32 Å². The Morgan fingerprint density at radius 3 is 3.09 bits per heavy atom. The highest BCUT2D eigenvalue weighted by molar-refractivity contribution is 6.23. The molecule has 23 heavy (non-hydrogen) atoms. The third-order valence-electron chi connectivity index (χ3n) is 4.99. The first kappa shape index (κ1) is 12.8. The van der Waals surface area contributed by atoms with Crippen LogP contribution in [0.5, 0.6) is 0 Å². The summed E-state index contributed by atoms with van der Waals surface area (Å²) in [7, 11) is 0. The van der Waals surface area contributed by atoms with Gasteiger partial charge in [-0.05, 0) is 23.6 Å². The fourth-order valence-corrected chi connectivity index (χ4v) is 4.13. The van der Waals surface area contributed by atoms with E-state index in [-0.39, 0.29) is 5.78 Å². The lowest BCUT2D eigenvalue weighted by atomic mass is 9.96. The number of hydrogen-bond donors (Lipinski definition) is 1. The molecule has 1 N–H and O–H groups in total. The molecule has 3 nitrogen and oxygen atoms in total. The van der Waals surface area contributed by atoms with Crippen LogP contribution in [0, 0.1) is 0 Å². The van der Waals surface area contributed by atoms with E-state index in [9.17, 15) is 4.79 Å². The second-order valence-corrected chi connectivity index (χ2v) is 6.21. The highest BCUT2D eigenvalue weighted by Crippen LogP contribution is 2.55. The zero-order valence-corrected chi connectivity index (χ0v) is 12.9. The molecular weight excluding hydrogens is 284 g/mol. The van der Waals surface area contributed by atoms with Crippen molar-refractivity contribution in [3.63, 3.8) is 0 Å². The van der Waals surface area contributed by atoms with Gasteiger partial charge in [0.2, 0.25) is 0 Å². The fraction of sp³-hybridized carbons (Fsp3) is 0.200. The number of pyridine rings is 1. The van der Waals surface area contributed by atoms with Gasteiger partial charge in [0.15, 0.2) is 5.78 Å². The first-order valence-corrected chi connectivity index (χ1v) is 8.14. The average Bonchev–Trinajstić information content (AvgIpc) is 3.19. The van der Waals surface area contributed by atoms with Crippen LogP contribution in [0.25, 0.3) is 11.1 Å². The Morgan fingerprint density at radius 2 is 2.22 bits per heavy atom. The summed E-state index contributed by atoms with van der Waals surface area (Å²) in [4.78, 5) is 17.4. The van der Waals surface area contributed by atoms with E-state index in [1.54, 1.807) is 0 Å². The first-order chi connectivity index (χ1) is 11.3. The lowest BCUT2D eigenvalue weighted by Gasteiger charge is -2.15. The van der Waals surface area contributed by atoms with Crippen LogP contribution >= 0.6 is 0 Å². The highest BCUT2D eigenvalue weighted by atomic mass is 16.1. The monoisotopic (exact) mass is 300 g/mol. The van der Waals surface area contributed by atoms with E-state index in [0.29, 0.717) is 0 Å². The topological polar surface area (TPSA) is 42.0 Å². The van der Waals surface area contributed by atoms with Gasteiger partial charge in [-0.25, -0.2) is 0 Å². The van der Waals surface area contributed by atoms with E-state index in [0.717, 1.165) is 47.5 Å². The molecule has 0 radical (unpaired) electrons. The van der Waals surface area contributed by atoms with Gasteiger partial charge >= 0.3 is 0 Å². The number of carbonyl (C=O) groups is 1. The van der Waals surface area contributed by atoms with Crippen LogP contribution < -0.4 is 5.32 Å². The third-order valence-corrected chi connectivity index (χ3v) is 4.99. The van der Waals surface area contributed by atoms with Gasteiger partial charge in [0, 0.05) is 47.0 Å². The van der Waals surface area contributed by atoms with E-state index < -0.39 is 0 Å². The molecule has 4 aliphatic rings. The van der Waals surface area contributed by atoms with E-state index in [1.165, 1.54) is 22.3 Å². The van der Waals surface area contributed by atoms with Crippen LogP contribution in [-0.2, 0) is 4.79 Å². The number of allylic oxidation sites excluding steroid dienone is 7. The molecule has 0 aromatic carbocycles. The predicted molar refractivity (Wildman–Crippen MR) is 90.2 cm³/mol. The van der Waals surface area contributed by atoms with E-state index >= 15 is 0 Å². The number of fused-ring (bicyclic) bond motifs is 4. The summed E-state index contributed by atoms with van der Waals surface area (Å²) in [6.07, 6.45) is 9.79. The molecule has 3 aliphatic carbocycles. The normalized spacial score (nSPS) is 22.7. The maximum absolute atomic E-state index is 12.8. The Hall–Kier alpha value is -2.68. The Labute approximate surface area is 134 Å². The van der Waals surface area contributed by atoms with Crippen molar-refractivity contribution in [2.75, 3.05) is 6.54 Å². The third kappa shape index (κ3) is 1.49. The number of Topliss-reactive ketones (excluding diaryl/α,β-unsaturated/α-hetero) is 1. The number of dihydropyridines is 1. The minimum absolute atomic E-state index is 0.182. The zero-order chi connectivity index (χ0) is 15.6. The van der Waals surface area contributed by atoms with Gasteiger partial charge in [0.1, 0.15) is 0 Å². The Bertz CT molecular complexity index is 938. The van der Waals surface area contributed by atoms with Gasteiger partial charge in [-0.15, -0.1) is 0 Å². The molecule has 0 fully saturated rings. The molecule has 0 bridgehead atoms. The second-order valence-electron chi connectivity index (χ2n) is 6.21. The molecule has 0 atom stereocenters. The van der Waals surface area contributed by atoms with E-state index in [2.05, 4.69) is 29.4 Å². The quantitative estimate of drug-likeness (QED) is 0.865. The molecule has 0 unspecified atom stereocenters. The SMILES string of the molecule is CC/C=C1/C2=C(C3=C(C2)C(=O)C2=C3NCC=C2)c2ncccc21. The summed E-state index contributed by atoms with van der Waals surface area (Å²) in [5, 5.41) is 3.41. The molecule has 1 aromatic rings. The number of hydrogen-bond acceptors (Lipinski definition) is 3. The molecular formula is C20H16N2O. The van der Waals surface area contributed by atoms with Gasteiger partial charge in [-0.3, -0.25) is 9.78 Å². The number of ketones is 1. The van der Waals surface area contributed by atoms with Gasteiger partial charge in [0.05, 0.1) is 11.4 Å². The second kappa shape index (κ2) is 4.42. The minimum Gasteiger partial charge on any atom is -0.380 e. The Kier molecular flexibility index (Phi) is 2.46. The Morgan fingerprint density at radius 1 is 1.30 bits per heavy atom. The molecule has 2 heterocycles. The average molecular weight is 300 g/mol. The fourth-order valence-electron chi connectivity index (χ4n) is 4.13. The standard InChI is InChI=1S/C20H16N2O/c1-2-5-11-12-6-3-8-21-18(12)16-14(11)10-15-17(16)19-13(20(15)23)7-4-9-22-19/h3-8,22H,2,9-10H2,1H3/b11-5+. The summed E-state index contributed by atoms with van der Waals surface area (Å²) < 4.78 is 0. The number of aromatic nitrogens is 1. The lowest BCUT2D eigenvalue weighted by molar-refractivity contribution is -0.111. The van der Waals surface area contributed by atoms with Crippen molar-refractivity contribution in [1.29, 1.82) is 0 Å². The largest absolute Gasteiger partial charge is 0.380 e. The van der Waals surface area contributed by atoms with Crippen molar-refractivity contribution < 1.29 is 4.79 Å².